The summed E-state index contributed by atoms with van der Waals surface area (Å²) in [6, 6.07) is 0. The fourth-order valence-corrected chi connectivity index (χ4v) is 3.63. The van der Waals surface area contributed by atoms with Gasteiger partial charge in [-0.3, -0.25) is 4.79 Å². The van der Waals surface area contributed by atoms with Crippen molar-refractivity contribution in [1.29, 1.82) is 0 Å². The molecule has 0 fully saturated rings. The summed E-state index contributed by atoms with van der Waals surface area (Å²) in [5.41, 5.74) is 0. The Balaban J connectivity index is 3.94. The Bertz CT molecular complexity index is 330. The average Bonchev–Trinajstić information content (AvgIpc) is 2.68. The van der Waals surface area contributed by atoms with Gasteiger partial charge in [-0.05, 0) is 25.7 Å². The van der Waals surface area contributed by atoms with E-state index in [9.17, 15) is 9.59 Å². The molecule has 0 bridgehead atoms. The van der Waals surface area contributed by atoms with Crippen LogP contribution in [-0.4, -0.2) is 18.7 Å². The third-order valence-corrected chi connectivity index (χ3v) is 5.48. The maximum atomic E-state index is 12.6. The summed E-state index contributed by atoms with van der Waals surface area (Å²) in [6.45, 7) is 5.30. The van der Waals surface area contributed by atoms with Gasteiger partial charge in [-0.1, -0.05) is 97.3 Å². The quantitative estimate of drug-likeness (QED) is 0.172. The molecule has 1 atom stereocenters. The second kappa shape index (κ2) is 21.4. The Morgan fingerprint density at radius 1 is 0.704 bits per heavy atom. The number of unbranched alkanes of at least 4 members (excludes halogenated alkanes) is 13. The molecule has 0 aliphatic carbocycles. The first-order chi connectivity index (χ1) is 13.3. The molecular formula is C24H47NO2. The summed E-state index contributed by atoms with van der Waals surface area (Å²) in [5, 5.41) is 3.19. The number of aldehydes is 1. The van der Waals surface area contributed by atoms with E-state index in [-0.39, 0.29) is 5.92 Å². The molecule has 0 aliphatic heterocycles. The molecule has 0 spiro atoms. The summed E-state index contributed by atoms with van der Waals surface area (Å²) >= 11 is 0. The number of carbonyl (C=O) groups is 2. The normalized spacial score (nSPS) is 12.1. The summed E-state index contributed by atoms with van der Waals surface area (Å²) in [4.78, 5) is 22.9. The summed E-state index contributed by atoms with van der Waals surface area (Å²) in [5.74, 6) is 0.515. The fraction of sp³-hybridized carbons (Fsp3) is 0.917. The molecule has 1 amide bonds. The molecule has 0 heterocycles. The minimum Gasteiger partial charge on any atom is -0.356 e. The third kappa shape index (κ3) is 18.3. The van der Waals surface area contributed by atoms with Gasteiger partial charge in [0.1, 0.15) is 6.29 Å². The molecule has 0 saturated heterocycles. The molecule has 0 rings (SSSR count). The van der Waals surface area contributed by atoms with E-state index < -0.39 is 0 Å². The second-order valence-corrected chi connectivity index (χ2v) is 8.12. The van der Waals surface area contributed by atoms with E-state index >= 15 is 0 Å². The van der Waals surface area contributed by atoms with E-state index in [0.29, 0.717) is 12.3 Å². The number of nitrogens with one attached hydrogen (secondary N) is 1. The monoisotopic (exact) mass is 381 g/mol. The zero-order valence-electron chi connectivity index (χ0n) is 18.4. The van der Waals surface area contributed by atoms with Crippen molar-refractivity contribution in [2.45, 2.75) is 129 Å². The lowest BCUT2D eigenvalue weighted by Gasteiger charge is -2.17. The smallest absolute Gasteiger partial charge is 0.223 e. The van der Waals surface area contributed by atoms with Crippen LogP contribution in [0, 0.1) is 5.92 Å². The molecule has 3 nitrogen and oxygen atoms in total. The molecule has 0 aliphatic rings. The van der Waals surface area contributed by atoms with E-state index in [4.69, 9.17) is 0 Å². The first-order valence-electron chi connectivity index (χ1n) is 12.0. The van der Waals surface area contributed by atoms with Crippen LogP contribution in [0.3, 0.4) is 0 Å². The molecule has 3 heteroatoms. The average molecular weight is 382 g/mol. The fourth-order valence-electron chi connectivity index (χ4n) is 3.63. The van der Waals surface area contributed by atoms with Gasteiger partial charge in [0.15, 0.2) is 0 Å². The van der Waals surface area contributed by atoms with E-state index in [2.05, 4.69) is 19.2 Å². The topological polar surface area (TPSA) is 46.2 Å². The molecule has 0 saturated carbocycles. The number of carbonyl (C=O) groups excluding carboxylic acids is 2. The van der Waals surface area contributed by atoms with Gasteiger partial charge in [-0.25, -0.2) is 0 Å². The molecule has 160 valence electrons. The number of amides is 1. The van der Waals surface area contributed by atoms with E-state index in [1.807, 2.05) is 0 Å². The molecule has 1 N–H and O–H groups in total. The zero-order chi connectivity index (χ0) is 20.0. The van der Waals surface area contributed by atoms with Gasteiger partial charge in [0, 0.05) is 18.9 Å². The Morgan fingerprint density at radius 2 is 1.19 bits per heavy atom. The molecule has 1 unspecified atom stereocenters. The molecule has 0 aromatic heterocycles. The highest BCUT2D eigenvalue weighted by Gasteiger charge is 2.17. The summed E-state index contributed by atoms with van der Waals surface area (Å²) < 4.78 is 0. The van der Waals surface area contributed by atoms with Crippen molar-refractivity contribution >= 4 is 12.2 Å². The number of rotatable bonds is 21. The van der Waals surface area contributed by atoms with Gasteiger partial charge >= 0.3 is 0 Å². The van der Waals surface area contributed by atoms with Crippen LogP contribution in [0.4, 0.5) is 0 Å². The molecule has 0 aromatic carbocycles. The SMILES string of the molecule is CCCCCCCCC(CCCCCC)C(=O)NCCCCCCCC=O. The highest BCUT2D eigenvalue weighted by atomic mass is 16.1. The maximum Gasteiger partial charge on any atom is 0.223 e. The van der Waals surface area contributed by atoms with Crippen molar-refractivity contribution in [3.63, 3.8) is 0 Å². The van der Waals surface area contributed by atoms with Crippen molar-refractivity contribution in [3.05, 3.63) is 0 Å². The minimum absolute atomic E-state index is 0.223. The van der Waals surface area contributed by atoms with E-state index in [1.54, 1.807) is 0 Å². The van der Waals surface area contributed by atoms with Gasteiger partial charge in [-0.2, -0.15) is 0 Å². The van der Waals surface area contributed by atoms with Gasteiger partial charge in [0.2, 0.25) is 5.91 Å². The van der Waals surface area contributed by atoms with Crippen LogP contribution in [0.5, 0.6) is 0 Å². The van der Waals surface area contributed by atoms with Gasteiger partial charge in [0.05, 0.1) is 0 Å². The highest BCUT2D eigenvalue weighted by Crippen LogP contribution is 2.19. The molecule has 0 radical (unpaired) electrons. The third-order valence-electron chi connectivity index (χ3n) is 5.48. The first-order valence-corrected chi connectivity index (χ1v) is 12.0. The maximum absolute atomic E-state index is 12.6. The molecule has 27 heavy (non-hydrogen) atoms. The van der Waals surface area contributed by atoms with Crippen LogP contribution < -0.4 is 5.32 Å². The Hall–Kier alpha value is -0.860. The van der Waals surface area contributed by atoms with Gasteiger partial charge in [0.25, 0.3) is 0 Å². The molecular weight excluding hydrogens is 334 g/mol. The van der Waals surface area contributed by atoms with E-state index in [1.165, 1.54) is 70.6 Å². The lowest BCUT2D eigenvalue weighted by molar-refractivity contribution is -0.125. The predicted octanol–water partition coefficient (Wildman–Crippen LogP) is 6.98. The van der Waals surface area contributed by atoms with Crippen LogP contribution in [-0.2, 0) is 9.59 Å². The Labute approximate surface area is 169 Å². The van der Waals surface area contributed by atoms with Crippen LogP contribution in [0.2, 0.25) is 0 Å². The summed E-state index contributed by atoms with van der Waals surface area (Å²) in [6.07, 6.45) is 22.1. The second-order valence-electron chi connectivity index (χ2n) is 8.12. The van der Waals surface area contributed by atoms with Crippen molar-refractivity contribution in [3.8, 4) is 0 Å². The van der Waals surface area contributed by atoms with E-state index in [0.717, 1.165) is 51.4 Å². The molecule has 0 aromatic rings. The first kappa shape index (κ1) is 26.1. The predicted molar refractivity (Wildman–Crippen MR) is 117 cm³/mol. The van der Waals surface area contributed by atoms with Gasteiger partial charge < -0.3 is 10.1 Å². The Morgan fingerprint density at radius 3 is 1.78 bits per heavy atom. The number of hydrogen-bond acceptors (Lipinski definition) is 2. The highest BCUT2D eigenvalue weighted by molar-refractivity contribution is 5.78. The lowest BCUT2D eigenvalue weighted by Crippen LogP contribution is -2.31. The number of hydrogen-bond donors (Lipinski definition) is 1. The van der Waals surface area contributed by atoms with Crippen LogP contribution in [0.15, 0.2) is 0 Å². The van der Waals surface area contributed by atoms with Crippen LogP contribution in [0.1, 0.15) is 129 Å². The van der Waals surface area contributed by atoms with Crippen molar-refractivity contribution in [1.82, 2.24) is 5.32 Å². The van der Waals surface area contributed by atoms with Crippen molar-refractivity contribution in [2.24, 2.45) is 5.92 Å². The van der Waals surface area contributed by atoms with Crippen LogP contribution >= 0.6 is 0 Å². The Kier molecular flexibility index (Phi) is 20.8. The van der Waals surface area contributed by atoms with Gasteiger partial charge in [-0.15, -0.1) is 0 Å². The minimum atomic E-state index is 0.223. The van der Waals surface area contributed by atoms with Crippen molar-refractivity contribution < 1.29 is 9.59 Å². The lowest BCUT2D eigenvalue weighted by atomic mass is 9.93. The van der Waals surface area contributed by atoms with Crippen LogP contribution in [0.25, 0.3) is 0 Å². The zero-order valence-corrected chi connectivity index (χ0v) is 18.4. The van der Waals surface area contributed by atoms with Crippen molar-refractivity contribution in [2.75, 3.05) is 6.54 Å². The summed E-state index contributed by atoms with van der Waals surface area (Å²) in [7, 11) is 0. The standard InChI is InChI=1S/C24H47NO2/c1-3-5-7-9-12-16-20-23(19-15-8-6-4-2)24(27)25-21-17-13-10-11-14-18-22-26/h22-23H,3-21H2,1-2H3,(H,25,27). The largest absolute Gasteiger partial charge is 0.356 e.